The van der Waals surface area contributed by atoms with Gasteiger partial charge in [0.05, 0.1) is 11.6 Å². The molecule has 0 spiro atoms. The summed E-state index contributed by atoms with van der Waals surface area (Å²) in [5.74, 6) is 2.20. The number of halogens is 1. The topological polar surface area (TPSA) is 21.3 Å². The molecule has 0 saturated heterocycles. The molecule has 0 aliphatic heterocycles. The third-order valence-corrected chi connectivity index (χ3v) is 4.41. The Balaban J connectivity index is 2.08. The molecule has 1 aromatic carbocycles. The summed E-state index contributed by atoms with van der Waals surface area (Å²) in [6.07, 6.45) is 3.98. The summed E-state index contributed by atoms with van der Waals surface area (Å²) in [6, 6.07) is 6.53. The molecule has 1 aromatic rings. The number of rotatable bonds is 4. The van der Waals surface area contributed by atoms with E-state index in [0.717, 1.165) is 11.4 Å². The molecule has 0 amide bonds. The first-order chi connectivity index (χ1) is 9.11. The SMILES string of the molecule is CCOc1ccc(NC2C(C)CCCC2C)cc1Cl. The number of benzene rings is 1. The van der Waals surface area contributed by atoms with Gasteiger partial charge >= 0.3 is 0 Å². The molecule has 2 unspecified atom stereocenters. The van der Waals surface area contributed by atoms with Crippen LogP contribution in [-0.4, -0.2) is 12.6 Å². The van der Waals surface area contributed by atoms with Crippen LogP contribution < -0.4 is 10.1 Å². The van der Waals surface area contributed by atoms with Crippen molar-refractivity contribution in [3.05, 3.63) is 23.2 Å². The van der Waals surface area contributed by atoms with Crippen LogP contribution >= 0.6 is 11.6 Å². The molecule has 1 aliphatic carbocycles. The molecule has 0 bridgehead atoms. The minimum Gasteiger partial charge on any atom is -0.492 e. The van der Waals surface area contributed by atoms with Crippen molar-refractivity contribution in [3.8, 4) is 5.75 Å². The molecule has 2 rings (SSSR count). The lowest BCUT2D eigenvalue weighted by Crippen LogP contribution is -2.37. The maximum atomic E-state index is 6.23. The molecule has 19 heavy (non-hydrogen) atoms. The number of ether oxygens (including phenoxy) is 1. The Morgan fingerprint density at radius 1 is 1.26 bits per heavy atom. The average Bonchev–Trinajstić information content (AvgIpc) is 2.37. The molecule has 1 N–H and O–H groups in total. The van der Waals surface area contributed by atoms with Crippen molar-refractivity contribution in [1.29, 1.82) is 0 Å². The minimum atomic E-state index is 0.544. The number of nitrogens with one attached hydrogen (secondary N) is 1. The van der Waals surface area contributed by atoms with Crippen LogP contribution in [0.2, 0.25) is 5.02 Å². The molecule has 1 fully saturated rings. The second-order valence-corrected chi connectivity index (χ2v) is 6.04. The van der Waals surface area contributed by atoms with Gasteiger partial charge in [0.15, 0.2) is 0 Å². The van der Waals surface area contributed by atoms with E-state index in [-0.39, 0.29) is 0 Å². The first-order valence-corrected chi connectivity index (χ1v) is 7.68. The van der Waals surface area contributed by atoms with Gasteiger partial charge in [-0.3, -0.25) is 0 Å². The van der Waals surface area contributed by atoms with Crippen LogP contribution in [0.4, 0.5) is 5.69 Å². The quantitative estimate of drug-likeness (QED) is 0.841. The van der Waals surface area contributed by atoms with Crippen molar-refractivity contribution in [1.82, 2.24) is 0 Å². The minimum absolute atomic E-state index is 0.544. The lowest BCUT2D eigenvalue weighted by Gasteiger charge is -2.36. The first kappa shape index (κ1) is 14.5. The van der Waals surface area contributed by atoms with Crippen LogP contribution in [0.15, 0.2) is 18.2 Å². The van der Waals surface area contributed by atoms with Gasteiger partial charge in [0, 0.05) is 11.7 Å². The third-order valence-electron chi connectivity index (χ3n) is 4.11. The average molecular weight is 282 g/mol. The van der Waals surface area contributed by atoms with Gasteiger partial charge in [-0.15, -0.1) is 0 Å². The molecular formula is C16H24ClNO. The fraction of sp³-hybridized carbons (Fsp3) is 0.625. The molecule has 1 aliphatic rings. The highest BCUT2D eigenvalue weighted by Crippen LogP contribution is 2.33. The molecule has 0 aromatic heterocycles. The van der Waals surface area contributed by atoms with Crippen molar-refractivity contribution in [2.45, 2.75) is 46.1 Å². The summed E-state index contributed by atoms with van der Waals surface area (Å²) in [6.45, 7) is 7.28. The molecule has 3 heteroatoms. The Kier molecular flexibility index (Phi) is 4.98. The monoisotopic (exact) mass is 281 g/mol. The van der Waals surface area contributed by atoms with Gasteiger partial charge in [-0.05, 0) is 49.8 Å². The predicted molar refractivity (Wildman–Crippen MR) is 82.2 cm³/mol. The first-order valence-electron chi connectivity index (χ1n) is 7.30. The van der Waals surface area contributed by atoms with E-state index in [2.05, 4.69) is 25.2 Å². The summed E-state index contributed by atoms with van der Waals surface area (Å²) in [5.41, 5.74) is 1.10. The predicted octanol–water partition coefficient (Wildman–Crippen LogP) is 4.98. The second kappa shape index (κ2) is 6.51. The molecule has 2 nitrogen and oxygen atoms in total. The molecule has 2 atom stereocenters. The highest BCUT2D eigenvalue weighted by atomic mass is 35.5. The Morgan fingerprint density at radius 3 is 2.53 bits per heavy atom. The van der Waals surface area contributed by atoms with Gasteiger partial charge in [-0.1, -0.05) is 31.9 Å². The summed E-state index contributed by atoms with van der Waals surface area (Å²) in [5, 5.41) is 4.33. The maximum Gasteiger partial charge on any atom is 0.138 e. The fourth-order valence-corrected chi connectivity index (χ4v) is 3.26. The highest BCUT2D eigenvalue weighted by Gasteiger charge is 2.27. The Labute approximate surface area is 121 Å². The van der Waals surface area contributed by atoms with Crippen molar-refractivity contribution in [3.63, 3.8) is 0 Å². The van der Waals surface area contributed by atoms with Crippen LogP contribution in [-0.2, 0) is 0 Å². The summed E-state index contributed by atoms with van der Waals surface area (Å²) in [4.78, 5) is 0. The molecule has 106 valence electrons. The molecule has 1 saturated carbocycles. The van der Waals surface area contributed by atoms with Gasteiger partial charge in [0.1, 0.15) is 5.75 Å². The van der Waals surface area contributed by atoms with Crippen LogP contribution in [0.5, 0.6) is 5.75 Å². The number of hydrogen-bond donors (Lipinski definition) is 1. The Hall–Kier alpha value is -0.890. The van der Waals surface area contributed by atoms with E-state index in [1.54, 1.807) is 0 Å². The zero-order chi connectivity index (χ0) is 13.8. The largest absolute Gasteiger partial charge is 0.492 e. The number of anilines is 1. The van der Waals surface area contributed by atoms with E-state index in [1.165, 1.54) is 19.3 Å². The lowest BCUT2D eigenvalue weighted by atomic mass is 9.78. The fourth-order valence-electron chi connectivity index (χ4n) is 3.02. The van der Waals surface area contributed by atoms with Gasteiger partial charge in [0.2, 0.25) is 0 Å². The molecule has 0 radical (unpaired) electrons. The number of hydrogen-bond acceptors (Lipinski definition) is 2. The van der Waals surface area contributed by atoms with E-state index in [4.69, 9.17) is 16.3 Å². The van der Waals surface area contributed by atoms with Crippen molar-refractivity contribution < 1.29 is 4.74 Å². The molecular weight excluding hydrogens is 258 g/mol. The van der Waals surface area contributed by atoms with E-state index in [0.29, 0.717) is 29.5 Å². The highest BCUT2D eigenvalue weighted by molar-refractivity contribution is 6.32. The zero-order valence-corrected chi connectivity index (χ0v) is 12.8. The molecule has 0 heterocycles. The van der Waals surface area contributed by atoms with Gasteiger partial charge in [0.25, 0.3) is 0 Å². The van der Waals surface area contributed by atoms with E-state index in [9.17, 15) is 0 Å². The van der Waals surface area contributed by atoms with E-state index in [1.807, 2.05) is 19.1 Å². The second-order valence-electron chi connectivity index (χ2n) is 5.63. The Bertz CT molecular complexity index is 411. The van der Waals surface area contributed by atoms with Crippen LogP contribution in [0, 0.1) is 11.8 Å². The smallest absolute Gasteiger partial charge is 0.138 e. The summed E-state index contributed by atoms with van der Waals surface area (Å²) in [7, 11) is 0. The van der Waals surface area contributed by atoms with Crippen molar-refractivity contribution in [2.75, 3.05) is 11.9 Å². The van der Waals surface area contributed by atoms with Crippen LogP contribution in [0.25, 0.3) is 0 Å². The van der Waals surface area contributed by atoms with E-state index >= 15 is 0 Å². The normalized spacial score (nSPS) is 27.1. The van der Waals surface area contributed by atoms with E-state index < -0.39 is 0 Å². The van der Waals surface area contributed by atoms with Crippen molar-refractivity contribution in [2.24, 2.45) is 11.8 Å². The van der Waals surface area contributed by atoms with Crippen molar-refractivity contribution >= 4 is 17.3 Å². The standard InChI is InChI=1S/C16H24ClNO/c1-4-19-15-9-8-13(10-14(15)17)18-16-11(2)6-5-7-12(16)3/h8-12,16,18H,4-7H2,1-3H3. The summed E-state index contributed by atoms with van der Waals surface area (Å²) < 4.78 is 5.46. The zero-order valence-electron chi connectivity index (χ0n) is 12.1. The van der Waals surface area contributed by atoms with Crippen LogP contribution in [0.1, 0.15) is 40.0 Å². The maximum absolute atomic E-state index is 6.23. The third kappa shape index (κ3) is 3.56. The summed E-state index contributed by atoms with van der Waals surface area (Å²) >= 11 is 6.23. The Morgan fingerprint density at radius 2 is 1.95 bits per heavy atom. The van der Waals surface area contributed by atoms with Gasteiger partial charge < -0.3 is 10.1 Å². The van der Waals surface area contributed by atoms with Gasteiger partial charge in [-0.25, -0.2) is 0 Å². The van der Waals surface area contributed by atoms with Gasteiger partial charge in [-0.2, -0.15) is 0 Å². The lowest BCUT2D eigenvalue weighted by molar-refractivity contribution is 0.268. The van der Waals surface area contributed by atoms with Crippen LogP contribution in [0.3, 0.4) is 0 Å².